The molecule has 0 saturated heterocycles. The Morgan fingerprint density at radius 1 is 1.33 bits per heavy atom. The van der Waals surface area contributed by atoms with Gasteiger partial charge in [-0.05, 0) is 31.2 Å². The zero-order valence-corrected chi connectivity index (χ0v) is 14.6. The lowest BCUT2D eigenvalue weighted by Gasteiger charge is -2.11. The molecule has 0 aliphatic rings. The van der Waals surface area contributed by atoms with Crippen molar-refractivity contribution in [1.82, 2.24) is 9.38 Å². The highest BCUT2D eigenvalue weighted by Gasteiger charge is 2.22. The van der Waals surface area contributed by atoms with Crippen LogP contribution in [0, 0.1) is 6.92 Å². The quantitative estimate of drug-likeness (QED) is 0.719. The number of ether oxygens (including phenoxy) is 2. The monoisotopic (exact) mass is 345 g/mol. The summed E-state index contributed by atoms with van der Waals surface area (Å²) >= 11 is 1.56. The Bertz CT molecular complexity index is 867. The highest BCUT2D eigenvalue weighted by molar-refractivity contribution is 7.15. The molecule has 0 saturated carbocycles. The summed E-state index contributed by atoms with van der Waals surface area (Å²) < 4.78 is 12.0. The molecule has 1 atom stereocenters. The Labute approximate surface area is 143 Å². The number of rotatable bonds is 5. The standard InChI is InChI=1S/C17H19N3O3S/c1-10-9-24-17-19-15(11-4-6-12(22-2)7-5-11)14(20(10)17)8-13(18)16(21)23-3/h4-7,9,13H,8,18H2,1-3H3. The lowest BCUT2D eigenvalue weighted by Crippen LogP contribution is -2.34. The number of hydrogen-bond donors (Lipinski definition) is 1. The minimum Gasteiger partial charge on any atom is -0.497 e. The first-order chi connectivity index (χ1) is 11.5. The van der Waals surface area contributed by atoms with Crippen LogP contribution >= 0.6 is 11.3 Å². The molecule has 0 spiro atoms. The predicted molar refractivity (Wildman–Crippen MR) is 93.5 cm³/mol. The van der Waals surface area contributed by atoms with Crippen molar-refractivity contribution in [2.24, 2.45) is 5.73 Å². The van der Waals surface area contributed by atoms with E-state index in [0.717, 1.165) is 33.4 Å². The Hall–Kier alpha value is -2.38. The summed E-state index contributed by atoms with van der Waals surface area (Å²) in [5.41, 5.74) is 9.74. The molecule has 2 N–H and O–H groups in total. The highest BCUT2D eigenvalue weighted by atomic mass is 32.1. The molecule has 7 heteroatoms. The molecule has 3 rings (SSSR count). The Morgan fingerprint density at radius 3 is 2.67 bits per heavy atom. The zero-order valence-electron chi connectivity index (χ0n) is 13.8. The fourth-order valence-electron chi connectivity index (χ4n) is 2.68. The van der Waals surface area contributed by atoms with E-state index in [1.807, 2.05) is 41.0 Å². The first-order valence-corrected chi connectivity index (χ1v) is 8.36. The van der Waals surface area contributed by atoms with Gasteiger partial charge in [0.25, 0.3) is 0 Å². The molecular formula is C17H19N3O3S. The van der Waals surface area contributed by atoms with Crippen LogP contribution in [0.4, 0.5) is 0 Å². The molecular weight excluding hydrogens is 326 g/mol. The van der Waals surface area contributed by atoms with Crippen LogP contribution in [0.3, 0.4) is 0 Å². The van der Waals surface area contributed by atoms with Crippen LogP contribution < -0.4 is 10.5 Å². The maximum atomic E-state index is 11.7. The van der Waals surface area contributed by atoms with Gasteiger partial charge in [-0.3, -0.25) is 9.20 Å². The van der Waals surface area contributed by atoms with Gasteiger partial charge in [0, 0.05) is 23.1 Å². The van der Waals surface area contributed by atoms with Crippen molar-refractivity contribution in [3.8, 4) is 17.0 Å². The number of aryl methyl sites for hydroxylation is 1. The number of nitrogens with two attached hydrogens (primary N) is 1. The molecule has 126 valence electrons. The minimum absolute atomic E-state index is 0.354. The van der Waals surface area contributed by atoms with Gasteiger partial charge in [0.05, 0.1) is 25.6 Å². The van der Waals surface area contributed by atoms with Crippen molar-refractivity contribution in [2.75, 3.05) is 14.2 Å². The summed E-state index contributed by atoms with van der Waals surface area (Å²) in [4.78, 5) is 17.3. The van der Waals surface area contributed by atoms with Gasteiger partial charge in [-0.15, -0.1) is 11.3 Å². The smallest absolute Gasteiger partial charge is 0.323 e. The van der Waals surface area contributed by atoms with Gasteiger partial charge >= 0.3 is 5.97 Å². The topological polar surface area (TPSA) is 78.8 Å². The normalized spacial score (nSPS) is 12.3. The van der Waals surface area contributed by atoms with Gasteiger partial charge in [0.2, 0.25) is 0 Å². The van der Waals surface area contributed by atoms with E-state index in [4.69, 9.17) is 20.2 Å². The second kappa shape index (κ2) is 6.62. The van der Waals surface area contributed by atoms with E-state index in [2.05, 4.69) is 0 Å². The number of fused-ring (bicyclic) bond motifs is 1. The number of aromatic nitrogens is 2. The summed E-state index contributed by atoms with van der Waals surface area (Å²) in [6.07, 6.45) is 0.354. The fraction of sp³-hybridized carbons (Fsp3) is 0.294. The average molecular weight is 345 g/mol. The van der Waals surface area contributed by atoms with Crippen molar-refractivity contribution in [2.45, 2.75) is 19.4 Å². The van der Waals surface area contributed by atoms with Gasteiger partial charge in [-0.2, -0.15) is 0 Å². The van der Waals surface area contributed by atoms with Crippen molar-refractivity contribution >= 4 is 22.3 Å². The fourth-order valence-corrected chi connectivity index (χ4v) is 3.56. The Balaban J connectivity index is 2.09. The maximum absolute atomic E-state index is 11.7. The molecule has 0 fully saturated rings. The molecule has 0 aliphatic carbocycles. The van der Waals surface area contributed by atoms with E-state index >= 15 is 0 Å². The predicted octanol–water partition coefficient (Wildman–Crippen LogP) is 2.42. The molecule has 0 bridgehead atoms. The van der Waals surface area contributed by atoms with E-state index in [9.17, 15) is 4.79 Å². The van der Waals surface area contributed by atoms with Gasteiger partial charge in [-0.25, -0.2) is 4.98 Å². The Morgan fingerprint density at radius 2 is 2.04 bits per heavy atom. The SMILES string of the molecule is COC(=O)C(N)Cc1c(-c2ccc(OC)cc2)nc2scc(C)n12. The Kier molecular flexibility index (Phi) is 4.55. The highest BCUT2D eigenvalue weighted by Crippen LogP contribution is 2.30. The van der Waals surface area contributed by atoms with Crippen molar-refractivity contribution in [1.29, 1.82) is 0 Å². The van der Waals surface area contributed by atoms with Crippen LogP contribution in [-0.4, -0.2) is 35.6 Å². The van der Waals surface area contributed by atoms with Crippen molar-refractivity contribution < 1.29 is 14.3 Å². The third kappa shape index (κ3) is 2.88. The molecule has 2 heterocycles. The molecule has 24 heavy (non-hydrogen) atoms. The van der Waals surface area contributed by atoms with Gasteiger partial charge in [0.1, 0.15) is 11.8 Å². The second-order valence-electron chi connectivity index (χ2n) is 5.46. The molecule has 1 aromatic carbocycles. The van der Waals surface area contributed by atoms with Crippen molar-refractivity contribution in [3.05, 3.63) is 41.0 Å². The number of esters is 1. The van der Waals surface area contributed by atoms with E-state index < -0.39 is 12.0 Å². The third-order valence-electron chi connectivity index (χ3n) is 3.91. The molecule has 6 nitrogen and oxygen atoms in total. The third-order valence-corrected chi connectivity index (χ3v) is 4.85. The summed E-state index contributed by atoms with van der Waals surface area (Å²) in [6.45, 7) is 2.01. The summed E-state index contributed by atoms with van der Waals surface area (Å²) in [6, 6.07) is 6.95. The van der Waals surface area contributed by atoms with Gasteiger partial charge < -0.3 is 15.2 Å². The van der Waals surface area contributed by atoms with Crippen molar-refractivity contribution in [3.63, 3.8) is 0 Å². The maximum Gasteiger partial charge on any atom is 0.323 e. The number of imidazole rings is 1. The summed E-state index contributed by atoms with van der Waals surface area (Å²) in [5, 5.41) is 2.04. The molecule has 0 aliphatic heterocycles. The van der Waals surface area contributed by atoms with E-state index in [1.165, 1.54) is 7.11 Å². The summed E-state index contributed by atoms with van der Waals surface area (Å²) in [7, 11) is 2.97. The number of methoxy groups -OCH3 is 2. The van der Waals surface area contributed by atoms with Gasteiger partial charge in [0.15, 0.2) is 4.96 Å². The average Bonchev–Trinajstić information content (AvgIpc) is 3.14. The molecule has 0 amide bonds. The first-order valence-electron chi connectivity index (χ1n) is 7.48. The molecule has 2 aromatic heterocycles. The van der Waals surface area contributed by atoms with Crippen LogP contribution in [0.2, 0.25) is 0 Å². The lowest BCUT2D eigenvalue weighted by molar-refractivity contribution is -0.142. The number of carbonyl (C=O) groups is 1. The van der Waals surface area contributed by atoms with E-state index in [0.29, 0.717) is 6.42 Å². The second-order valence-corrected chi connectivity index (χ2v) is 6.30. The van der Waals surface area contributed by atoms with Crippen LogP contribution in [0.5, 0.6) is 5.75 Å². The molecule has 1 unspecified atom stereocenters. The minimum atomic E-state index is -0.730. The first kappa shape index (κ1) is 16.5. The van der Waals surface area contributed by atoms with Gasteiger partial charge in [-0.1, -0.05) is 0 Å². The molecule has 3 aromatic rings. The number of carbonyl (C=O) groups excluding carboxylic acids is 1. The summed E-state index contributed by atoms with van der Waals surface area (Å²) in [5.74, 6) is 0.349. The van der Waals surface area contributed by atoms with E-state index in [1.54, 1.807) is 18.4 Å². The lowest BCUT2D eigenvalue weighted by atomic mass is 10.1. The number of thiazole rings is 1. The molecule has 0 radical (unpaired) electrons. The van der Waals surface area contributed by atoms with Crippen LogP contribution in [0.25, 0.3) is 16.2 Å². The number of hydrogen-bond acceptors (Lipinski definition) is 6. The zero-order chi connectivity index (χ0) is 17.3. The van der Waals surface area contributed by atoms with Crippen LogP contribution in [-0.2, 0) is 16.0 Å². The van der Waals surface area contributed by atoms with Crippen LogP contribution in [0.1, 0.15) is 11.4 Å². The largest absolute Gasteiger partial charge is 0.497 e. The number of nitrogens with zero attached hydrogens (tertiary/aromatic N) is 2. The number of benzene rings is 1. The van der Waals surface area contributed by atoms with Crippen LogP contribution in [0.15, 0.2) is 29.6 Å². The van der Waals surface area contributed by atoms with E-state index in [-0.39, 0.29) is 0 Å².